The smallest absolute Gasteiger partial charge is 0.338 e. The zero-order valence-electron chi connectivity index (χ0n) is 9.40. The van der Waals surface area contributed by atoms with Crippen LogP contribution in [0, 0.1) is 0 Å². The maximum absolute atomic E-state index is 11.6. The molecule has 1 aromatic carbocycles. The number of alkyl halides is 1. The van der Waals surface area contributed by atoms with Crippen molar-refractivity contribution in [1.29, 1.82) is 0 Å². The van der Waals surface area contributed by atoms with Crippen molar-refractivity contribution in [2.45, 2.75) is 13.3 Å². The van der Waals surface area contributed by atoms with Crippen molar-refractivity contribution in [2.24, 2.45) is 0 Å². The van der Waals surface area contributed by atoms with E-state index in [1.807, 2.05) is 0 Å². The minimum Gasteiger partial charge on any atom is -0.508 e. The number of carbonyl (C=O) groups excluding carboxylic acids is 2. The number of esters is 1. The summed E-state index contributed by atoms with van der Waals surface area (Å²) in [4.78, 5) is 23.0. The number of ketones is 1. The Balaban J connectivity index is 3.03. The lowest BCUT2D eigenvalue weighted by Gasteiger charge is -2.08. The van der Waals surface area contributed by atoms with Gasteiger partial charge in [-0.1, -0.05) is 15.9 Å². The first kappa shape index (κ1) is 13.7. The number of hydrogen-bond acceptors (Lipinski definition) is 4. The first-order valence-electron chi connectivity index (χ1n) is 5.15. The maximum Gasteiger partial charge on any atom is 0.338 e. The van der Waals surface area contributed by atoms with E-state index in [1.54, 1.807) is 6.92 Å². The minimum absolute atomic E-state index is 0.0235. The number of ether oxygens (including phenoxy) is 1. The van der Waals surface area contributed by atoms with Gasteiger partial charge in [-0.15, -0.1) is 0 Å². The van der Waals surface area contributed by atoms with Gasteiger partial charge in [0.1, 0.15) is 11.5 Å². The van der Waals surface area contributed by atoms with Crippen molar-refractivity contribution in [2.75, 3.05) is 11.9 Å². The number of Topliss-reactive ketones (excluding diaryl/α,β-unsaturated/α-hetero) is 1. The highest BCUT2D eigenvalue weighted by atomic mass is 79.9. The molecule has 1 aromatic rings. The molecule has 0 aliphatic heterocycles. The molecule has 92 valence electrons. The van der Waals surface area contributed by atoms with Crippen LogP contribution in [0.3, 0.4) is 0 Å². The van der Waals surface area contributed by atoms with E-state index in [0.29, 0.717) is 11.1 Å². The zero-order chi connectivity index (χ0) is 12.8. The van der Waals surface area contributed by atoms with Crippen molar-refractivity contribution >= 4 is 27.7 Å². The van der Waals surface area contributed by atoms with E-state index < -0.39 is 5.97 Å². The van der Waals surface area contributed by atoms with Crippen LogP contribution in [0.1, 0.15) is 22.8 Å². The molecule has 0 spiro atoms. The Kier molecular flexibility index (Phi) is 5.15. The number of rotatable bonds is 5. The summed E-state index contributed by atoms with van der Waals surface area (Å²) in [5, 5.41) is 9.57. The van der Waals surface area contributed by atoms with Gasteiger partial charge in [0.25, 0.3) is 0 Å². The highest BCUT2D eigenvalue weighted by Crippen LogP contribution is 2.18. The minimum atomic E-state index is -0.482. The van der Waals surface area contributed by atoms with Gasteiger partial charge in [-0.25, -0.2) is 4.79 Å². The average molecular weight is 301 g/mol. The lowest BCUT2D eigenvalue weighted by molar-refractivity contribution is -0.115. The number of carbonyl (C=O) groups is 2. The SMILES string of the molecule is CCOC(=O)c1ccc(O)cc1CC(=O)CBr. The average Bonchev–Trinajstić information content (AvgIpc) is 2.29. The van der Waals surface area contributed by atoms with Gasteiger partial charge in [0.15, 0.2) is 0 Å². The molecule has 1 N–H and O–H groups in total. The van der Waals surface area contributed by atoms with Crippen molar-refractivity contribution in [3.05, 3.63) is 29.3 Å². The molecule has 0 aliphatic carbocycles. The van der Waals surface area contributed by atoms with Crippen LogP contribution in [0.5, 0.6) is 5.75 Å². The Labute approximate surface area is 108 Å². The number of phenolic OH excluding ortho intramolecular Hbond substituents is 1. The number of halogens is 1. The molecule has 0 unspecified atom stereocenters. The third-order valence-corrected chi connectivity index (χ3v) is 2.75. The van der Waals surface area contributed by atoms with Crippen molar-refractivity contribution in [3.8, 4) is 5.75 Å². The molecule has 0 aliphatic rings. The summed E-state index contributed by atoms with van der Waals surface area (Å²) in [5.41, 5.74) is 0.798. The summed E-state index contributed by atoms with van der Waals surface area (Å²) < 4.78 is 4.88. The lowest BCUT2D eigenvalue weighted by Crippen LogP contribution is -2.12. The summed E-state index contributed by atoms with van der Waals surface area (Å²) >= 11 is 3.05. The van der Waals surface area contributed by atoms with Crippen LogP contribution >= 0.6 is 15.9 Å². The molecule has 0 heterocycles. The van der Waals surface area contributed by atoms with Gasteiger partial charge in [0.05, 0.1) is 17.5 Å². The third kappa shape index (κ3) is 3.85. The van der Waals surface area contributed by atoms with Gasteiger partial charge >= 0.3 is 5.97 Å². The van der Waals surface area contributed by atoms with Crippen LogP contribution in [0.4, 0.5) is 0 Å². The van der Waals surface area contributed by atoms with E-state index in [9.17, 15) is 14.7 Å². The Morgan fingerprint density at radius 3 is 2.71 bits per heavy atom. The topological polar surface area (TPSA) is 63.6 Å². The van der Waals surface area contributed by atoms with E-state index >= 15 is 0 Å². The molecular formula is C12H13BrO4. The maximum atomic E-state index is 11.6. The molecule has 0 amide bonds. The zero-order valence-corrected chi connectivity index (χ0v) is 11.0. The van der Waals surface area contributed by atoms with Gasteiger partial charge in [-0.3, -0.25) is 4.79 Å². The van der Waals surface area contributed by atoms with Crippen LogP contribution in [0.2, 0.25) is 0 Å². The molecule has 0 fully saturated rings. The Hall–Kier alpha value is -1.36. The molecule has 5 heteroatoms. The molecule has 4 nitrogen and oxygen atoms in total. The quantitative estimate of drug-likeness (QED) is 0.668. The number of aromatic hydroxyl groups is 1. The second-order valence-corrected chi connectivity index (χ2v) is 3.97. The molecule has 0 saturated carbocycles. The first-order chi connectivity index (χ1) is 8.08. The standard InChI is InChI=1S/C12H13BrO4/c1-2-17-12(16)11-4-3-9(14)5-8(11)6-10(15)7-13/h3-5,14H,2,6-7H2,1H3. The Morgan fingerprint density at radius 1 is 1.41 bits per heavy atom. The highest BCUT2D eigenvalue weighted by molar-refractivity contribution is 9.09. The van der Waals surface area contributed by atoms with E-state index in [2.05, 4.69) is 15.9 Å². The van der Waals surface area contributed by atoms with Crippen LogP contribution < -0.4 is 0 Å². The van der Waals surface area contributed by atoms with Gasteiger partial charge in [0.2, 0.25) is 0 Å². The van der Waals surface area contributed by atoms with Gasteiger partial charge in [0, 0.05) is 6.42 Å². The highest BCUT2D eigenvalue weighted by Gasteiger charge is 2.15. The largest absolute Gasteiger partial charge is 0.508 e. The first-order valence-corrected chi connectivity index (χ1v) is 6.27. The number of hydrogen-bond donors (Lipinski definition) is 1. The summed E-state index contributed by atoms with van der Waals surface area (Å²) in [7, 11) is 0. The fourth-order valence-electron chi connectivity index (χ4n) is 1.39. The molecular weight excluding hydrogens is 288 g/mol. The second-order valence-electron chi connectivity index (χ2n) is 3.41. The summed E-state index contributed by atoms with van der Waals surface area (Å²) in [6, 6.07) is 4.27. The fraction of sp³-hybridized carbons (Fsp3) is 0.333. The molecule has 0 atom stereocenters. The van der Waals surface area contributed by atoms with Gasteiger partial charge in [-0.2, -0.15) is 0 Å². The molecule has 0 aromatic heterocycles. The molecule has 0 bridgehead atoms. The van der Waals surface area contributed by atoms with Crippen LogP contribution in [0.15, 0.2) is 18.2 Å². The van der Waals surface area contributed by atoms with Crippen molar-refractivity contribution in [1.82, 2.24) is 0 Å². The van der Waals surface area contributed by atoms with Crippen LogP contribution in [0.25, 0.3) is 0 Å². The summed E-state index contributed by atoms with van der Waals surface area (Å²) in [5.74, 6) is -0.526. The monoisotopic (exact) mass is 300 g/mol. The van der Waals surface area contributed by atoms with E-state index in [-0.39, 0.29) is 29.9 Å². The van der Waals surface area contributed by atoms with Gasteiger partial charge in [-0.05, 0) is 30.7 Å². The summed E-state index contributed by atoms with van der Waals surface area (Å²) in [6.07, 6.45) is 0.0911. The number of phenols is 1. The summed E-state index contributed by atoms with van der Waals surface area (Å²) in [6.45, 7) is 1.98. The lowest BCUT2D eigenvalue weighted by atomic mass is 10.0. The van der Waals surface area contributed by atoms with Crippen LogP contribution in [-0.2, 0) is 16.0 Å². The number of benzene rings is 1. The Bertz CT molecular complexity index is 429. The molecule has 17 heavy (non-hydrogen) atoms. The predicted octanol–water partition coefficient (Wildman–Crippen LogP) is 2.08. The van der Waals surface area contributed by atoms with Gasteiger partial charge < -0.3 is 9.84 Å². The normalized spacial score (nSPS) is 10.0. The third-order valence-electron chi connectivity index (χ3n) is 2.12. The fourth-order valence-corrected chi connectivity index (χ4v) is 1.59. The van der Waals surface area contributed by atoms with Crippen molar-refractivity contribution in [3.63, 3.8) is 0 Å². The van der Waals surface area contributed by atoms with Crippen molar-refractivity contribution < 1.29 is 19.4 Å². The molecule has 0 saturated heterocycles. The van der Waals surface area contributed by atoms with Crippen LogP contribution in [-0.4, -0.2) is 28.8 Å². The Morgan fingerprint density at radius 2 is 2.12 bits per heavy atom. The second kappa shape index (κ2) is 6.39. The predicted molar refractivity (Wildman–Crippen MR) is 66.6 cm³/mol. The molecule has 1 rings (SSSR count). The van der Waals surface area contributed by atoms with E-state index in [0.717, 1.165) is 0 Å². The van der Waals surface area contributed by atoms with E-state index in [1.165, 1.54) is 18.2 Å². The molecule has 0 radical (unpaired) electrons. The van der Waals surface area contributed by atoms with E-state index in [4.69, 9.17) is 4.74 Å².